The molecular formula is C7H7F3O4. The average Bonchev–Trinajstić information content (AvgIpc) is 2.00. The van der Waals surface area contributed by atoms with E-state index in [0.717, 1.165) is 6.92 Å². The summed E-state index contributed by atoms with van der Waals surface area (Å²) in [5.41, 5.74) is 0. The Labute approximate surface area is 77.3 Å². The Hall–Kier alpha value is -1.53. The van der Waals surface area contributed by atoms with Crippen molar-refractivity contribution in [1.82, 2.24) is 0 Å². The molecule has 0 aromatic carbocycles. The predicted molar refractivity (Wildman–Crippen MR) is 37.9 cm³/mol. The summed E-state index contributed by atoms with van der Waals surface area (Å²) in [6.07, 6.45) is -7.31. The third-order valence-corrected chi connectivity index (χ3v) is 0.930. The Kier molecular flexibility index (Phi) is 4.13. The van der Waals surface area contributed by atoms with E-state index in [1.165, 1.54) is 0 Å². The first-order valence-electron chi connectivity index (χ1n) is 3.34. The van der Waals surface area contributed by atoms with Crippen molar-refractivity contribution in [3.63, 3.8) is 0 Å². The van der Waals surface area contributed by atoms with Crippen LogP contribution < -0.4 is 0 Å². The van der Waals surface area contributed by atoms with Gasteiger partial charge in [-0.3, -0.25) is 4.79 Å². The molecule has 14 heavy (non-hydrogen) atoms. The third kappa shape index (κ3) is 4.48. The van der Waals surface area contributed by atoms with Crippen molar-refractivity contribution in [2.24, 2.45) is 0 Å². The maximum Gasteiger partial charge on any atom is 0.464 e. The van der Waals surface area contributed by atoms with E-state index in [2.05, 4.69) is 16.1 Å². The molecule has 0 aliphatic carbocycles. The topological polar surface area (TPSA) is 52.6 Å². The quantitative estimate of drug-likeness (QED) is 0.400. The monoisotopic (exact) mass is 212 g/mol. The van der Waals surface area contributed by atoms with Crippen LogP contribution in [0.5, 0.6) is 0 Å². The number of hydrogen-bond donors (Lipinski definition) is 0. The minimum Gasteiger partial charge on any atom is -0.416 e. The molecule has 1 unspecified atom stereocenters. The Morgan fingerprint density at radius 3 is 2.14 bits per heavy atom. The van der Waals surface area contributed by atoms with Gasteiger partial charge in [0, 0.05) is 13.0 Å². The maximum atomic E-state index is 12.0. The van der Waals surface area contributed by atoms with Gasteiger partial charge >= 0.3 is 24.4 Å². The van der Waals surface area contributed by atoms with E-state index in [0.29, 0.717) is 6.08 Å². The van der Waals surface area contributed by atoms with Gasteiger partial charge in [0.15, 0.2) is 0 Å². The number of carbonyl (C=O) groups is 2. The average molecular weight is 212 g/mol. The maximum absolute atomic E-state index is 12.0. The van der Waals surface area contributed by atoms with E-state index in [1.807, 2.05) is 0 Å². The minimum atomic E-state index is -4.95. The lowest BCUT2D eigenvalue weighted by Crippen LogP contribution is -2.37. The summed E-state index contributed by atoms with van der Waals surface area (Å²) in [7, 11) is 0. The molecule has 0 heterocycles. The predicted octanol–water partition coefficient (Wildman–Crippen LogP) is 1.17. The highest BCUT2D eigenvalue weighted by Gasteiger charge is 2.45. The van der Waals surface area contributed by atoms with E-state index in [4.69, 9.17) is 0 Å². The van der Waals surface area contributed by atoms with E-state index >= 15 is 0 Å². The fourth-order valence-electron chi connectivity index (χ4n) is 0.462. The van der Waals surface area contributed by atoms with Crippen LogP contribution in [0.2, 0.25) is 0 Å². The molecular weight excluding hydrogens is 205 g/mol. The van der Waals surface area contributed by atoms with Gasteiger partial charge in [-0.25, -0.2) is 4.79 Å². The van der Waals surface area contributed by atoms with Gasteiger partial charge in [-0.1, -0.05) is 6.58 Å². The van der Waals surface area contributed by atoms with Gasteiger partial charge in [0.05, 0.1) is 0 Å². The zero-order valence-corrected chi connectivity index (χ0v) is 7.13. The molecule has 0 amide bonds. The lowest BCUT2D eigenvalue weighted by molar-refractivity contribution is -0.288. The fraction of sp³-hybridized carbons (Fsp3) is 0.429. The number of ether oxygens (including phenoxy) is 2. The molecule has 7 heteroatoms. The molecule has 0 N–H and O–H groups in total. The van der Waals surface area contributed by atoms with Gasteiger partial charge in [-0.15, -0.1) is 0 Å². The van der Waals surface area contributed by atoms with E-state index in [-0.39, 0.29) is 0 Å². The zero-order valence-electron chi connectivity index (χ0n) is 7.13. The minimum absolute atomic E-state index is 0.530. The lowest BCUT2D eigenvalue weighted by Gasteiger charge is -2.18. The van der Waals surface area contributed by atoms with Crippen molar-refractivity contribution in [1.29, 1.82) is 0 Å². The molecule has 0 saturated heterocycles. The Morgan fingerprint density at radius 1 is 1.36 bits per heavy atom. The highest BCUT2D eigenvalue weighted by Crippen LogP contribution is 2.24. The molecule has 0 saturated carbocycles. The second-order valence-electron chi connectivity index (χ2n) is 2.12. The van der Waals surface area contributed by atoms with Gasteiger partial charge in [-0.05, 0) is 0 Å². The largest absolute Gasteiger partial charge is 0.464 e. The van der Waals surface area contributed by atoms with Crippen molar-refractivity contribution in [2.75, 3.05) is 0 Å². The van der Waals surface area contributed by atoms with Crippen LogP contribution in [-0.2, 0) is 19.1 Å². The second kappa shape index (κ2) is 4.64. The van der Waals surface area contributed by atoms with Crippen LogP contribution in [0.4, 0.5) is 13.2 Å². The summed E-state index contributed by atoms with van der Waals surface area (Å²) in [6, 6.07) is 0. The van der Waals surface area contributed by atoms with Crippen molar-refractivity contribution in [3.8, 4) is 0 Å². The van der Waals surface area contributed by atoms with Crippen LogP contribution >= 0.6 is 0 Å². The Morgan fingerprint density at radius 2 is 1.86 bits per heavy atom. The third-order valence-electron chi connectivity index (χ3n) is 0.930. The second-order valence-corrected chi connectivity index (χ2v) is 2.12. The van der Waals surface area contributed by atoms with Gasteiger partial charge in [0.25, 0.3) is 0 Å². The van der Waals surface area contributed by atoms with Crippen LogP contribution in [-0.4, -0.2) is 24.4 Å². The molecule has 0 radical (unpaired) electrons. The van der Waals surface area contributed by atoms with Gasteiger partial charge in [-0.2, -0.15) is 13.2 Å². The van der Waals surface area contributed by atoms with Crippen LogP contribution in [0, 0.1) is 0 Å². The summed E-state index contributed by atoms with van der Waals surface area (Å²) in [5.74, 6) is -2.53. The van der Waals surface area contributed by atoms with Crippen LogP contribution in [0.3, 0.4) is 0 Å². The Bertz CT molecular complexity index is 246. The molecule has 0 aliphatic rings. The SMILES string of the molecule is C=CC(=O)OC(OC(C)=O)C(F)(F)F. The highest BCUT2D eigenvalue weighted by molar-refractivity contribution is 5.81. The van der Waals surface area contributed by atoms with Gasteiger partial charge < -0.3 is 9.47 Å². The van der Waals surface area contributed by atoms with Crippen LogP contribution in [0.25, 0.3) is 0 Å². The van der Waals surface area contributed by atoms with E-state index in [9.17, 15) is 22.8 Å². The molecule has 80 valence electrons. The van der Waals surface area contributed by atoms with Gasteiger partial charge in [0.1, 0.15) is 0 Å². The standard InChI is InChI=1S/C7H7F3O4/c1-3-5(12)14-6(7(8,9)10)13-4(2)11/h3,6H,1H2,2H3. The number of alkyl halides is 3. The van der Waals surface area contributed by atoms with Crippen LogP contribution in [0.15, 0.2) is 12.7 Å². The van der Waals surface area contributed by atoms with Crippen molar-refractivity contribution in [3.05, 3.63) is 12.7 Å². The van der Waals surface area contributed by atoms with Gasteiger partial charge in [0.2, 0.25) is 0 Å². The molecule has 0 bridgehead atoms. The molecule has 0 aliphatic heterocycles. The summed E-state index contributed by atoms with van der Waals surface area (Å²) in [6.45, 7) is 3.66. The molecule has 0 aromatic heterocycles. The van der Waals surface area contributed by atoms with E-state index < -0.39 is 24.4 Å². The van der Waals surface area contributed by atoms with Crippen molar-refractivity contribution in [2.45, 2.75) is 19.4 Å². The Balaban J connectivity index is 4.48. The van der Waals surface area contributed by atoms with Crippen LogP contribution in [0.1, 0.15) is 6.92 Å². The molecule has 1 atom stereocenters. The summed E-state index contributed by atoms with van der Waals surface area (Å²) >= 11 is 0. The molecule has 0 aromatic rings. The highest BCUT2D eigenvalue weighted by atomic mass is 19.4. The molecule has 0 spiro atoms. The number of halogens is 3. The zero-order chi connectivity index (χ0) is 11.4. The van der Waals surface area contributed by atoms with Crippen molar-refractivity contribution >= 4 is 11.9 Å². The number of rotatable bonds is 3. The number of hydrogen-bond acceptors (Lipinski definition) is 4. The molecule has 0 rings (SSSR count). The smallest absolute Gasteiger partial charge is 0.416 e. The number of carbonyl (C=O) groups excluding carboxylic acids is 2. The summed E-state index contributed by atoms with van der Waals surface area (Å²) in [5, 5.41) is 0. The summed E-state index contributed by atoms with van der Waals surface area (Å²) in [4.78, 5) is 20.7. The first kappa shape index (κ1) is 12.5. The number of esters is 2. The summed E-state index contributed by atoms with van der Waals surface area (Å²) < 4.78 is 43.4. The van der Waals surface area contributed by atoms with Crippen molar-refractivity contribution < 1.29 is 32.2 Å². The van der Waals surface area contributed by atoms with E-state index in [1.54, 1.807) is 0 Å². The fourth-order valence-corrected chi connectivity index (χ4v) is 0.462. The molecule has 4 nitrogen and oxygen atoms in total. The lowest BCUT2D eigenvalue weighted by atomic mass is 10.6. The first-order chi connectivity index (χ1) is 6.27. The normalized spacial score (nSPS) is 12.9. The molecule has 0 fully saturated rings. The first-order valence-corrected chi connectivity index (χ1v) is 3.34.